The molecule has 2 aromatic rings. The van der Waals surface area contributed by atoms with Crippen LogP contribution in [0.5, 0.6) is 0 Å². The van der Waals surface area contributed by atoms with Gasteiger partial charge in [-0.2, -0.15) is 0 Å². The molecule has 0 unspecified atom stereocenters. The first-order valence-corrected chi connectivity index (χ1v) is 4.46. The Labute approximate surface area is 101 Å². The van der Waals surface area contributed by atoms with Crippen molar-refractivity contribution in [3.05, 3.63) is 40.6 Å². The number of carboxylic acids is 1. The molecule has 3 nitrogen and oxygen atoms in total. The Kier molecular flexibility index (Phi) is 3.43. The van der Waals surface area contributed by atoms with Crippen LogP contribution in [0.4, 0.5) is 0 Å². The molecule has 66 valence electrons. The molecule has 14 heavy (non-hydrogen) atoms. The Balaban J connectivity index is 0.000000980. The summed E-state index contributed by atoms with van der Waals surface area (Å²) in [4.78, 5) is 10.7. The van der Waals surface area contributed by atoms with Gasteiger partial charge in [0.25, 0.3) is 0 Å². The smallest absolute Gasteiger partial charge is 0.543 e. The predicted octanol–water partition coefficient (Wildman–Crippen LogP) is -1.93. The number of hydrogen-bond acceptors (Lipinski definition) is 2. The second-order valence-corrected chi connectivity index (χ2v) is 3.48. The molecule has 0 bridgehead atoms. The summed E-state index contributed by atoms with van der Waals surface area (Å²) in [5, 5.41) is 10.7. The summed E-state index contributed by atoms with van der Waals surface area (Å²) in [6.45, 7) is 0. The predicted molar refractivity (Wildman–Crippen MR) is 49.4 cm³/mol. The van der Waals surface area contributed by atoms with Gasteiger partial charge in [-0.25, -0.2) is 0 Å². The Morgan fingerprint density at radius 1 is 1.43 bits per heavy atom. The average molecular weight is 246 g/mol. The van der Waals surface area contributed by atoms with Crippen LogP contribution >= 0.6 is 15.9 Å². The summed E-state index contributed by atoms with van der Waals surface area (Å²) in [5.41, 5.74) is 0.976. The summed E-state index contributed by atoms with van der Waals surface area (Å²) >= 11 is 3.27. The van der Waals surface area contributed by atoms with Gasteiger partial charge in [-0.1, -0.05) is 6.07 Å². The molecule has 0 spiro atoms. The third kappa shape index (κ3) is 1.74. The average Bonchev–Trinajstić information content (AvgIpc) is 2.45. The van der Waals surface area contributed by atoms with E-state index in [-0.39, 0.29) is 24.6 Å². The van der Waals surface area contributed by atoms with Gasteiger partial charge in [0.2, 0.25) is 0 Å². The number of pyridine rings is 1. The fraction of sp³-hybridized carbons (Fsp3) is 0. The van der Waals surface area contributed by atoms with Crippen molar-refractivity contribution in [2.24, 2.45) is 0 Å². The van der Waals surface area contributed by atoms with E-state index >= 15 is 0 Å². The SMILES string of the molecule is O=C([O-])c1cc(Br)c2ccccn12.[Li+]. The number of rotatable bonds is 1. The van der Waals surface area contributed by atoms with Crippen molar-refractivity contribution >= 4 is 27.4 Å². The molecule has 0 N–H and O–H groups in total. The van der Waals surface area contributed by atoms with Gasteiger partial charge in [0.1, 0.15) is 0 Å². The van der Waals surface area contributed by atoms with Gasteiger partial charge in [0, 0.05) is 10.7 Å². The number of carboxylic acid groups (broad SMARTS) is 1. The molecule has 0 aliphatic carbocycles. The monoisotopic (exact) mass is 245 g/mol. The fourth-order valence-electron chi connectivity index (χ4n) is 1.27. The number of carbonyl (C=O) groups is 1. The van der Waals surface area contributed by atoms with Crippen LogP contribution in [0.2, 0.25) is 0 Å². The molecule has 2 heterocycles. The molecule has 0 aliphatic heterocycles. The van der Waals surface area contributed by atoms with Gasteiger partial charge in [0.05, 0.1) is 17.2 Å². The largest absolute Gasteiger partial charge is 1.00 e. The quantitative estimate of drug-likeness (QED) is 0.550. The van der Waals surface area contributed by atoms with Crippen LogP contribution in [0, 0.1) is 0 Å². The van der Waals surface area contributed by atoms with E-state index in [0.29, 0.717) is 0 Å². The normalized spacial score (nSPS) is 9.79. The van der Waals surface area contributed by atoms with Crippen LogP contribution < -0.4 is 24.0 Å². The zero-order valence-electron chi connectivity index (χ0n) is 7.53. The maximum atomic E-state index is 10.7. The Morgan fingerprint density at radius 3 is 2.79 bits per heavy atom. The number of fused-ring (bicyclic) bond motifs is 1. The first kappa shape index (κ1) is 11.4. The van der Waals surface area contributed by atoms with Gasteiger partial charge in [-0.3, -0.25) is 0 Å². The molecule has 0 atom stereocenters. The maximum Gasteiger partial charge on any atom is 1.00 e. The van der Waals surface area contributed by atoms with E-state index in [2.05, 4.69) is 15.9 Å². The zero-order valence-corrected chi connectivity index (χ0v) is 9.11. The van der Waals surface area contributed by atoms with Crippen LogP contribution in [0.1, 0.15) is 10.5 Å². The molecule has 0 saturated heterocycles. The Bertz CT molecular complexity index is 481. The summed E-state index contributed by atoms with van der Waals surface area (Å²) < 4.78 is 2.33. The molecule has 0 aliphatic rings. The minimum Gasteiger partial charge on any atom is -0.543 e. The number of hydrogen-bond donors (Lipinski definition) is 0. The fourth-order valence-corrected chi connectivity index (χ4v) is 1.81. The molecular weight excluding hydrogens is 241 g/mol. The van der Waals surface area contributed by atoms with Crippen LogP contribution in [-0.2, 0) is 0 Å². The molecule has 2 rings (SSSR count). The molecule has 0 radical (unpaired) electrons. The molecular formula is C9H5BrLiNO2. The maximum absolute atomic E-state index is 10.7. The van der Waals surface area contributed by atoms with Crippen molar-refractivity contribution in [3.8, 4) is 0 Å². The van der Waals surface area contributed by atoms with Gasteiger partial charge >= 0.3 is 18.9 Å². The standard InChI is InChI=1S/C9H6BrNO2.Li/c10-6-5-8(9(12)13)11-4-2-1-3-7(6)11;/h1-5H,(H,12,13);/q;+1/p-1. The summed E-state index contributed by atoms with van der Waals surface area (Å²) in [6, 6.07) is 6.98. The Hall–Kier alpha value is -0.693. The molecule has 0 amide bonds. The van der Waals surface area contributed by atoms with E-state index in [0.717, 1.165) is 9.99 Å². The molecule has 5 heteroatoms. The van der Waals surface area contributed by atoms with Crippen molar-refractivity contribution in [1.82, 2.24) is 4.40 Å². The van der Waals surface area contributed by atoms with Crippen molar-refractivity contribution in [2.75, 3.05) is 0 Å². The first-order valence-electron chi connectivity index (χ1n) is 3.67. The van der Waals surface area contributed by atoms with Crippen molar-refractivity contribution in [3.63, 3.8) is 0 Å². The van der Waals surface area contributed by atoms with Gasteiger partial charge in [-0.15, -0.1) is 0 Å². The molecule has 0 saturated carbocycles. The van der Waals surface area contributed by atoms with Crippen LogP contribution in [0.3, 0.4) is 0 Å². The number of carbonyl (C=O) groups excluding carboxylic acids is 1. The van der Waals surface area contributed by atoms with Crippen molar-refractivity contribution < 1.29 is 28.8 Å². The third-order valence-corrected chi connectivity index (χ3v) is 2.47. The number of halogens is 1. The second-order valence-electron chi connectivity index (χ2n) is 2.62. The van der Waals surface area contributed by atoms with Crippen LogP contribution in [0.25, 0.3) is 5.52 Å². The Morgan fingerprint density at radius 2 is 2.14 bits per heavy atom. The van der Waals surface area contributed by atoms with Crippen LogP contribution in [-0.4, -0.2) is 10.4 Å². The molecule has 0 aromatic carbocycles. The van der Waals surface area contributed by atoms with Gasteiger partial charge < -0.3 is 14.3 Å². The van der Waals surface area contributed by atoms with E-state index < -0.39 is 5.97 Å². The minimum absolute atomic E-state index is 0. The third-order valence-electron chi connectivity index (χ3n) is 1.84. The van der Waals surface area contributed by atoms with E-state index in [1.165, 1.54) is 6.07 Å². The van der Waals surface area contributed by atoms with E-state index in [1.807, 2.05) is 12.1 Å². The van der Waals surface area contributed by atoms with Crippen LogP contribution in [0.15, 0.2) is 34.9 Å². The number of aromatic nitrogens is 1. The van der Waals surface area contributed by atoms with Gasteiger partial charge in [0.15, 0.2) is 0 Å². The zero-order chi connectivity index (χ0) is 9.42. The minimum atomic E-state index is -1.17. The van der Waals surface area contributed by atoms with E-state index in [4.69, 9.17) is 0 Å². The van der Waals surface area contributed by atoms with E-state index in [1.54, 1.807) is 16.7 Å². The summed E-state index contributed by atoms with van der Waals surface area (Å²) in [6.07, 6.45) is 1.69. The molecule has 0 fully saturated rings. The number of nitrogens with zero attached hydrogens (tertiary/aromatic N) is 1. The second kappa shape index (κ2) is 4.22. The number of aromatic carboxylic acids is 1. The van der Waals surface area contributed by atoms with Crippen molar-refractivity contribution in [2.45, 2.75) is 0 Å². The first-order chi connectivity index (χ1) is 6.20. The summed E-state index contributed by atoms with van der Waals surface area (Å²) in [5.74, 6) is -1.17. The van der Waals surface area contributed by atoms with Gasteiger partial charge in [-0.05, 0) is 34.1 Å². The van der Waals surface area contributed by atoms with Crippen molar-refractivity contribution in [1.29, 1.82) is 0 Å². The molecule has 2 aromatic heterocycles. The van der Waals surface area contributed by atoms with E-state index in [9.17, 15) is 9.90 Å². The summed E-state index contributed by atoms with van der Waals surface area (Å²) in [7, 11) is 0. The topological polar surface area (TPSA) is 44.5 Å².